The molecule has 152 valence electrons. The molecule has 0 bridgehead atoms. The molecular weight excluding hydrogens is 381 g/mol. The standard InChI is InChI=1S/C21H21F3N4O/c22-21(23,24)19-6-4-16(5-7-19)8-9-26-20(29)27-13-17-2-1-3-18(12-17)14-28-11-10-25-15-28/h1-7,10-12,15H,8-9,13-14H2,(H2,26,27,29). The van der Waals surface area contributed by atoms with Gasteiger partial charge in [0.15, 0.2) is 0 Å². The van der Waals surface area contributed by atoms with Gasteiger partial charge in [-0.2, -0.15) is 13.2 Å². The van der Waals surface area contributed by atoms with Gasteiger partial charge in [-0.25, -0.2) is 9.78 Å². The number of rotatable bonds is 7. The summed E-state index contributed by atoms with van der Waals surface area (Å²) in [6.45, 7) is 1.41. The van der Waals surface area contributed by atoms with E-state index in [2.05, 4.69) is 15.6 Å². The van der Waals surface area contributed by atoms with E-state index >= 15 is 0 Å². The lowest BCUT2D eigenvalue weighted by Crippen LogP contribution is -2.36. The molecule has 0 unspecified atom stereocenters. The summed E-state index contributed by atoms with van der Waals surface area (Å²) in [4.78, 5) is 16.0. The predicted molar refractivity (Wildman–Crippen MR) is 103 cm³/mol. The zero-order chi connectivity index (χ0) is 20.7. The van der Waals surface area contributed by atoms with Gasteiger partial charge in [-0.15, -0.1) is 0 Å². The Kier molecular flexibility index (Phi) is 6.54. The van der Waals surface area contributed by atoms with Crippen LogP contribution in [-0.2, 0) is 25.7 Å². The smallest absolute Gasteiger partial charge is 0.338 e. The summed E-state index contributed by atoms with van der Waals surface area (Å²) in [7, 11) is 0. The fourth-order valence-electron chi connectivity index (χ4n) is 2.85. The Hall–Kier alpha value is -3.29. The molecule has 0 aliphatic carbocycles. The number of carbonyl (C=O) groups excluding carboxylic acids is 1. The minimum absolute atomic E-state index is 0.322. The molecule has 3 aromatic rings. The number of aromatic nitrogens is 2. The Morgan fingerprint density at radius 1 is 1.00 bits per heavy atom. The molecular formula is C21H21F3N4O. The largest absolute Gasteiger partial charge is 0.416 e. The topological polar surface area (TPSA) is 59.0 Å². The fourth-order valence-corrected chi connectivity index (χ4v) is 2.85. The lowest BCUT2D eigenvalue weighted by atomic mass is 10.1. The third-order valence-corrected chi connectivity index (χ3v) is 4.35. The average molecular weight is 402 g/mol. The van der Waals surface area contributed by atoms with Crippen molar-refractivity contribution in [3.8, 4) is 0 Å². The van der Waals surface area contributed by atoms with Crippen LogP contribution in [0.1, 0.15) is 22.3 Å². The number of urea groups is 1. The van der Waals surface area contributed by atoms with Gasteiger partial charge in [-0.05, 0) is 35.2 Å². The van der Waals surface area contributed by atoms with Gasteiger partial charge in [-0.3, -0.25) is 0 Å². The quantitative estimate of drug-likeness (QED) is 0.628. The maximum absolute atomic E-state index is 12.6. The van der Waals surface area contributed by atoms with Crippen molar-refractivity contribution in [2.75, 3.05) is 6.54 Å². The van der Waals surface area contributed by atoms with Crippen molar-refractivity contribution in [1.82, 2.24) is 20.2 Å². The van der Waals surface area contributed by atoms with Gasteiger partial charge in [0, 0.05) is 32.0 Å². The number of alkyl halides is 3. The molecule has 0 atom stereocenters. The highest BCUT2D eigenvalue weighted by Gasteiger charge is 2.29. The molecule has 0 radical (unpaired) electrons. The molecule has 0 fully saturated rings. The van der Waals surface area contributed by atoms with E-state index < -0.39 is 11.7 Å². The number of hydrogen-bond donors (Lipinski definition) is 2. The predicted octanol–water partition coefficient (Wildman–Crippen LogP) is 3.99. The molecule has 1 heterocycles. The molecule has 29 heavy (non-hydrogen) atoms. The summed E-state index contributed by atoms with van der Waals surface area (Å²) in [5.74, 6) is 0. The molecule has 0 saturated carbocycles. The van der Waals surface area contributed by atoms with Crippen molar-refractivity contribution >= 4 is 6.03 Å². The van der Waals surface area contributed by atoms with Crippen molar-refractivity contribution in [1.29, 1.82) is 0 Å². The minimum atomic E-state index is -4.34. The Morgan fingerprint density at radius 3 is 2.45 bits per heavy atom. The second-order valence-electron chi connectivity index (χ2n) is 6.61. The second-order valence-corrected chi connectivity index (χ2v) is 6.61. The highest BCUT2D eigenvalue weighted by Crippen LogP contribution is 2.29. The number of benzene rings is 2. The molecule has 2 amide bonds. The van der Waals surface area contributed by atoms with E-state index in [1.54, 1.807) is 12.5 Å². The van der Waals surface area contributed by atoms with E-state index in [1.807, 2.05) is 35.0 Å². The number of halogens is 3. The van der Waals surface area contributed by atoms with Gasteiger partial charge in [0.1, 0.15) is 0 Å². The molecule has 2 N–H and O–H groups in total. The van der Waals surface area contributed by atoms with Crippen molar-refractivity contribution in [2.24, 2.45) is 0 Å². The first-order chi connectivity index (χ1) is 13.9. The fraction of sp³-hybridized carbons (Fsp3) is 0.238. The molecule has 5 nitrogen and oxygen atoms in total. The first-order valence-corrected chi connectivity index (χ1v) is 9.11. The molecule has 1 aromatic heterocycles. The lowest BCUT2D eigenvalue weighted by molar-refractivity contribution is -0.137. The number of carbonyl (C=O) groups is 1. The van der Waals surface area contributed by atoms with Crippen LogP contribution in [-0.4, -0.2) is 22.1 Å². The third kappa shape index (κ3) is 6.38. The molecule has 8 heteroatoms. The van der Waals surface area contributed by atoms with Crippen molar-refractivity contribution < 1.29 is 18.0 Å². The Labute approximate surface area is 166 Å². The lowest BCUT2D eigenvalue weighted by Gasteiger charge is -2.10. The van der Waals surface area contributed by atoms with Gasteiger partial charge >= 0.3 is 12.2 Å². The molecule has 0 aliphatic rings. The number of amides is 2. The van der Waals surface area contributed by atoms with E-state index in [4.69, 9.17) is 0 Å². The second kappa shape index (κ2) is 9.27. The van der Waals surface area contributed by atoms with Gasteiger partial charge < -0.3 is 15.2 Å². The SMILES string of the molecule is O=C(NCCc1ccc(C(F)(F)F)cc1)NCc1cccc(Cn2ccnc2)c1. The van der Waals surface area contributed by atoms with Crippen molar-refractivity contribution in [2.45, 2.75) is 25.7 Å². The van der Waals surface area contributed by atoms with E-state index in [1.165, 1.54) is 12.1 Å². The van der Waals surface area contributed by atoms with E-state index in [0.29, 0.717) is 26.1 Å². The average Bonchev–Trinajstić information content (AvgIpc) is 3.19. The van der Waals surface area contributed by atoms with Crippen LogP contribution in [0.15, 0.2) is 67.3 Å². The van der Waals surface area contributed by atoms with Crippen LogP contribution in [0.3, 0.4) is 0 Å². The summed E-state index contributed by atoms with van der Waals surface area (Å²) in [5.41, 5.74) is 2.12. The van der Waals surface area contributed by atoms with Crippen molar-refractivity contribution in [3.05, 3.63) is 89.5 Å². The summed E-state index contributed by atoms with van der Waals surface area (Å²) in [6, 6.07) is 12.5. The van der Waals surface area contributed by atoms with Crippen LogP contribution in [0.2, 0.25) is 0 Å². The van der Waals surface area contributed by atoms with Gasteiger partial charge in [0.2, 0.25) is 0 Å². The van der Waals surface area contributed by atoms with Crippen molar-refractivity contribution in [3.63, 3.8) is 0 Å². The Balaban J connectivity index is 1.41. The van der Waals surface area contributed by atoms with E-state index in [0.717, 1.165) is 28.8 Å². The third-order valence-electron chi connectivity index (χ3n) is 4.35. The number of nitrogens with one attached hydrogen (secondary N) is 2. The first kappa shape index (κ1) is 20.4. The molecule has 3 rings (SSSR count). The number of imidazole rings is 1. The maximum Gasteiger partial charge on any atom is 0.416 e. The summed E-state index contributed by atoms with van der Waals surface area (Å²) >= 11 is 0. The Morgan fingerprint density at radius 2 is 1.76 bits per heavy atom. The zero-order valence-corrected chi connectivity index (χ0v) is 15.6. The van der Waals surface area contributed by atoms with Gasteiger partial charge in [-0.1, -0.05) is 36.4 Å². The van der Waals surface area contributed by atoms with Gasteiger partial charge in [0.05, 0.1) is 11.9 Å². The summed E-state index contributed by atoms with van der Waals surface area (Å²) < 4.78 is 39.6. The summed E-state index contributed by atoms with van der Waals surface area (Å²) in [5, 5.41) is 5.49. The highest BCUT2D eigenvalue weighted by molar-refractivity contribution is 5.73. The van der Waals surface area contributed by atoms with E-state index in [-0.39, 0.29) is 6.03 Å². The Bertz CT molecular complexity index is 922. The molecule has 0 spiro atoms. The molecule has 0 aliphatic heterocycles. The zero-order valence-electron chi connectivity index (χ0n) is 15.6. The van der Waals surface area contributed by atoms with Crippen LogP contribution in [0, 0.1) is 0 Å². The molecule has 0 saturated heterocycles. The van der Waals surface area contributed by atoms with E-state index in [9.17, 15) is 18.0 Å². The monoisotopic (exact) mass is 402 g/mol. The summed E-state index contributed by atoms with van der Waals surface area (Å²) in [6.07, 6.45) is 1.46. The number of nitrogens with zero attached hydrogens (tertiary/aromatic N) is 2. The minimum Gasteiger partial charge on any atom is -0.338 e. The first-order valence-electron chi connectivity index (χ1n) is 9.11. The van der Waals surface area contributed by atoms with Crippen LogP contribution < -0.4 is 10.6 Å². The number of hydrogen-bond acceptors (Lipinski definition) is 2. The maximum atomic E-state index is 12.6. The van der Waals surface area contributed by atoms with Crippen LogP contribution >= 0.6 is 0 Å². The normalized spacial score (nSPS) is 11.3. The molecule has 2 aromatic carbocycles. The van der Waals surface area contributed by atoms with Crippen LogP contribution in [0.25, 0.3) is 0 Å². The highest BCUT2D eigenvalue weighted by atomic mass is 19.4. The van der Waals surface area contributed by atoms with Gasteiger partial charge in [0.25, 0.3) is 0 Å². The van der Waals surface area contributed by atoms with Crippen LogP contribution in [0.4, 0.5) is 18.0 Å². The van der Waals surface area contributed by atoms with Crippen LogP contribution in [0.5, 0.6) is 0 Å².